The van der Waals surface area contributed by atoms with E-state index in [1.165, 1.54) is 25.7 Å². The van der Waals surface area contributed by atoms with Gasteiger partial charge in [-0.3, -0.25) is 9.78 Å². The standard InChI is InChI=1S/C16H24N2O/c1-12(2)11-18(14-6-4-5-7-14)15-8-9-16(13(3)19)17-10-15/h8-10,12,14H,4-7,11H2,1-3H3. The van der Waals surface area contributed by atoms with Gasteiger partial charge >= 0.3 is 0 Å². The van der Waals surface area contributed by atoms with Crippen LogP contribution in [0.25, 0.3) is 0 Å². The third kappa shape index (κ3) is 3.55. The van der Waals surface area contributed by atoms with Gasteiger partial charge in [0.05, 0.1) is 11.9 Å². The number of carbonyl (C=O) groups is 1. The van der Waals surface area contributed by atoms with Crippen molar-refractivity contribution >= 4 is 11.5 Å². The number of pyridine rings is 1. The number of rotatable bonds is 5. The number of ketones is 1. The van der Waals surface area contributed by atoms with Crippen molar-refractivity contribution in [1.29, 1.82) is 0 Å². The first-order chi connectivity index (χ1) is 9.08. The summed E-state index contributed by atoms with van der Waals surface area (Å²) >= 11 is 0. The Morgan fingerprint density at radius 3 is 2.53 bits per heavy atom. The van der Waals surface area contributed by atoms with Crippen LogP contribution in [0.1, 0.15) is 56.9 Å². The highest BCUT2D eigenvalue weighted by Gasteiger charge is 2.23. The molecule has 1 aliphatic carbocycles. The summed E-state index contributed by atoms with van der Waals surface area (Å²) in [6, 6.07) is 4.54. The lowest BCUT2D eigenvalue weighted by Gasteiger charge is -2.32. The lowest BCUT2D eigenvalue weighted by molar-refractivity contribution is 0.101. The van der Waals surface area contributed by atoms with E-state index in [0.29, 0.717) is 17.7 Å². The highest BCUT2D eigenvalue weighted by atomic mass is 16.1. The molecule has 1 fully saturated rings. The molecule has 1 aliphatic rings. The number of anilines is 1. The molecule has 1 aromatic rings. The maximum absolute atomic E-state index is 11.3. The van der Waals surface area contributed by atoms with E-state index in [0.717, 1.165) is 12.2 Å². The maximum Gasteiger partial charge on any atom is 0.178 e. The lowest BCUT2D eigenvalue weighted by Crippen LogP contribution is -2.36. The largest absolute Gasteiger partial charge is 0.367 e. The van der Waals surface area contributed by atoms with Crippen LogP contribution in [-0.4, -0.2) is 23.4 Å². The highest BCUT2D eigenvalue weighted by molar-refractivity contribution is 5.92. The second-order valence-corrected chi connectivity index (χ2v) is 5.94. The molecule has 0 bridgehead atoms. The summed E-state index contributed by atoms with van der Waals surface area (Å²) in [5.41, 5.74) is 1.71. The van der Waals surface area contributed by atoms with E-state index in [1.54, 1.807) is 6.92 Å². The Morgan fingerprint density at radius 1 is 1.37 bits per heavy atom. The van der Waals surface area contributed by atoms with E-state index in [-0.39, 0.29) is 5.78 Å². The normalized spacial score (nSPS) is 16.0. The van der Waals surface area contributed by atoms with Gasteiger partial charge in [-0.15, -0.1) is 0 Å². The van der Waals surface area contributed by atoms with Gasteiger partial charge in [-0.05, 0) is 30.9 Å². The molecule has 0 saturated heterocycles. The van der Waals surface area contributed by atoms with E-state index in [4.69, 9.17) is 0 Å². The first-order valence-corrected chi connectivity index (χ1v) is 7.31. The Kier molecular flexibility index (Phi) is 4.56. The number of nitrogens with zero attached hydrogens (tertiary/aromatic N) is 2. The molecule has 19 heavy (non-hydrogen) atoms. The Morgan fingerprint density at radius 2 is 2.05 bits per heavy atom. The van der Waals surface area contributed by atoms with Gasteiger partial charge in [-0.25, -0.2) is 0 Å². The second kappa shape index (κ2) is 6.18. The molecule has 0 N–H and O–H groups in total. The predicted molar refractivity (Wildman–Crippen MR) is 78.7 cm³/mol. The van der Waals surface area contributed by atoms with Crippen LogP contribution in [0.5, 0.6) is 0 Å². The van der Waals surface area contributed by atoms with Crippen LogP contribution in [-0.2, 0) is 0 Å². The molecule has 0 atom stereocenters. The molecule has 0 spiro atoms. The van der Waals surface area contributed by atoms with E-state index in [2.05, 4.69) is 23.7 Å². The number of Topliss-reactive ketones (excluding diaryl/α,β-unsaturated/α-hetero) is 1. The second-order valence-electron chi connectivity index (χ2n) is 5.94. The van der Waals surface area contributed by atoms with Crippen LogP contribution in [0.15, 0.2) is 18.3 Å². The lowest BCUT2D eigenvalue weighted by atomic mass is 10.1. The molecule has 3 nitrogen and oxygen atoms in total. The van der Waals surface area contributed by atoms with Crippen molar-refractivity contribution in [2.24, 2.45) is 5.92 Å². The van der Waals surface area contributed by atoms with Crippen LogP contribution in [0.4, 0.5) is 5.69 Å². The van der Waals surface area contributed by atoms with E-state index >= 15 is 0 Å². The smallest absolute Gasteiger partial charge is 0.178 e. The van der Waals surface area contributed by atoms with Crippen LogP contribution in [0.2, 0.25) is 0 Å². The third-order valence-corrected chi connectivity index (χ3v) is 3.77. The van der Waals surface area contributed by atoms with Gasteiger partial charge in [0.15, 0.2) is 5.78 Å². The predicted octanol–water partition coefficient (Wildman–Crippen LogP) is 3.69. The minimum atomic E-state index is 0.0304. The molecule has 1 aromatic heterocycles. The summed E-state index contributed by atoms with van der Waals surface area (Å²) < 4.78 is 0. The van der Waals surface area contributed by atoms with Gasteiger partial charge in [0.25, 0.3) is 0 Å². The fourth-order valence-electron chi connectivity index (χ4n) is 2.84. The maximum atomic E-state index is 11.3. The van der Waals surface area contributed by atoms with Crippen molar-refractivity contribution in [3.05, 3.63) is 24.0 Å². The Hall–Kier alpha value is -1.38. The molecular formula is C16H24N2O. The zero-order chi connectivity index (χ0) is 13.8. The zero-order valence-corrected chi connectivity index (χ0v) is 12.2. The fraction of sp³-hybridized carbons (Fsp3) is 0.625. The third-order valence-electron chi connectivity index (χ3n) is 3.77. The van der Waals surface area contributed by atoms with Crippen molar-refractivity contribution in [2.45, 2.75) is 52.5 Å². The quantitative estimate of drug-likeness (QED) is 0.757. The topological polar surface area (TPSA) is 33.2 Å². The first-order valence-electron chi connectivity index (χ1n) is 7.31. The summed E-state index contributed by atoms with van der Waals surface area (Å²) in [6.45, 7) is 7.12. The molecule has 0 unspecified atom stereocenters. The van der Waals surface area contributed by atoms with Gasteiger partial charge in [0.1, 0.15) is 5.69 Å². The Bertz CT molecular complexity index is 419. The van der Waals surface area contributed by atoms with E-state index in [1.807, 2.05) is 18.3 Å². The van der Waals surface area contributed by atoms with Crippen LogP contribution in [0.3, 0.4) is 0 Å². The molecule has 0 aromatic carbocycles. The van der Waals surface area contributed by atoms with Gasteiger partial charge < -0.3 is 4.90 Å². The molecule has 1 saturated carbocycles. The summed E-state index contributed by atoms with van der Waals surface area (Å²) in [6.07, 6.45) is 7.08. The Balaban J connectivity index is 2.18. The van der Waals surface area contributed by atoms with Crippen LogP contribution >= 0.6 is 0 Å². The summed E-state index contributed by atoms with van der Waals surface area (Å²) in [4.78, 5) is 18.1. The first kappa shape index (κ1) is 14.0. The van der Waals surface area contributed by atoms with Crippen molar-refractivity contribution < 1.29 is 4.79 Å². The molecule has 2 rings (SSSR count). The minimum absolute atomic E-state index is 0.0304. The van der Waals surface area contributed by atoms with Gasteiger partial charge in [0, 0.05) is 19.5 Å². The van der Waals surface area contributed by atoms with E-state index in [9.17, 15) is 4.79 Å². The summed E-state index contributed by atoms with van der Waals surface area (Å²) in [5, 5.41) is 0. The van der Waals surface area contributed by atoms with Gasteiger partial charge in [-0.1, -0.05) is 26.7 Å². The molecule has 0 aliphatic heterocycles. The van der Waals surface area contributed by atoms with Gasteiger partial charge in [0.2, 0.25) is 0 Å². The molecule has 0 amide bonds. The number of hydrogen-bond acceptors (Lipinski definition) is 3. The van der Waals surface area contributed by atoms with Crippen molar-refractivity contribution in [1.82, 2.24) is 4.98 Å². The number of carbonyl (C=O) groups excluding carboxylic acids is 1. The van der Waals surface area contributed by atoms with E-state index < -0.39 is 0 Å². The molecule has 104 valence electrons. The molecular weight excluding hydrogens is 236 g/mol. The van der Waals surface area contributed by atoms with Gasteiger partial charge in [-0.2, -0.15) is 0 Å². The fourth-order valence-corrected chi connectivity index (χ4v) is 2.84. The monoisotopic (exact) mass is 260 g/mol. The Labute approximate surface area is 116 Å². The summed E-state index contributed by atoms with van der Waals surface area (Å²) in [7, 11) is 0. The molecule has 1 heterocycles. The number of hydrogen-bond donors (Lipinski definition) is 0. The molecule has 0 radical (unpaired) electrons. The number of aromatic nitrogens is 1. The SMILES string of the molecule is CC(=O)c1ccc(N(CC(C)C)C2CCCC2)cn1. The van der Waals surface area contributed by atoms with Crippen LogP contribution in [0, 0.1) is 5.92 Å². The van der Waals surface area contributed by atoms with Crippen LogP contribution < -0.4 is 4.90 Å². The zero-order valence-electron chi connectivity index (χ0n) is 12.2. The van der Waals surface area contributed by atoms with Crippen molar-refractivity contribution in [2.75, 3.05) is 11.4 Å². The van der Waals surface area contributed by atoms with Crippen molar-refractivity contribution in [3.63, 3.8) is 0 Å². The summed E-state index contributed by atoms with van der Waals surface area (Å²) in [5.74, 6) is 0.663. The minimum Gasteiger partial charge on any atom is -0.367 e. The highest BCUT2D eigenvalue weighted by Crippen LogP contribution is 2.28. The average Bonchev–Trinajstić information content (AvgIpc) is 2.89. The molecule has 3 heteroatoms. The van der Waals surface area contributed by atoms with Crippen molar-refractivity contribution in [3.8, 4) is 0 Å². The average molecular weight is 260 g/mol.